The first kappa shape index (κ1) is 14.1. The molecule has 0 saturated carbocycles. The molecule has 1 aromatic carbocycles. The van der Waals surface area contributed by atoms with Crippen LogP contribution in [0.15, 0.2) is 53.7 Å². The maximum absolute atomic E-state index is 12.3. The number of nitrogens with zero attached hydrogens (tertiary/aromatic N) is 2. The molecule has 0 amide bonds. The van der Waals surface area contributed by atoms with Gasteiger partial charge in [0, 0.05) is 6.20 Å². The highest BCUT2D eigenvalue weighted by atomic mass is 16.1. The molecule has 1 atom stereocenters. The molecule has 0 N–H and O–H groups in total. The summed E-state index contributed by atoms with van der Waals surface area (Å²) in [6, 6.07) is 13.5. The Morgan fingerprint density at radius 3 is 2.40 bits per heavy atom. The maximum atomic E-state index is 12.3. The fraction of sp³-hybridized carbons (Fsp3) is 0.235. The van der Waals surface area contributed by atoms with E-state index in [-0.39, 0.29) is 11.7 Å². The van der Waals surface area contributed by atoms with Crippen molar-refractivity contribution in [1.82, 2.24) is 4.98 Å². The first-order valence-electron chi connectivity index (χ1n) is 6.87. The number of ketones is 1. The van der Waals surface area contributed by atoms with Crippen LogP contribution in [0.25, 0.3) is 0 Å². The van der Waals surface area contributed by atoms with E-state index in [1.54, 1.807) is 13.1 Å². The standard InChI is InChI=1S/C15H12N2O.C2H6/c1-10-15(18)13(11-6-3-2-4-7-11)14-12(17-10)8-5-9-16-14;1-2/h2-9,13H,1H3;1-2H3. The molecule has 20 heavy (non-hydrogen) atoms. The van der Waals surface area contributed by atoms with Crippen LogP contribution < -0.4 is 0 Å². The van der Waals surface area contributed by atoms with Crippen molar-refractivity contribution in [3.63, 3.8) is 0 Å². The van der Waals surface area contributed by atoms with E-state index in [9.17, 15) is 4.79 Å². The first-order valence-corrected chi connectivity index (χ1v) is 6.87. The molecule has 0 fully saturated rings. The van der Waals surface area contributed by atoms with Gasteiger partial charge in [-0.25, -0.2) is 4.99 Å². The highest BCUT2D eigenvalue weighted by molar-refractivity contribution is 6.43. The van der Waals surface area contributed by atoms with Crippen LogP contribution in [0.5, 0.6) is 0 Å². The molecule has 0 saturated heterocycles. The van der Waals surface area contributed by atoms with Crippen molar-refractivity contribution in [1.29, 1.82) is 0 Å². The smallest absolute Gasteiger partial charge is 0.190 e. The van der Waals surface area contributed by atoms with E-state index < -0.39 is 0 Å². The summed E-state index contributed by atoms with van der Waals surface area (Å²) in [7, 11) is 0. The SMILES string of the molecule is CC.CC1=Nc2cccnc2C(c2ccccc2)C1=O. The number of pyridine rings is 1. The number of fused-ring (bicyclic) bond motifs is 1. The van der Waals surface area contributed by atoms with Gasteiger partial charge >= 0.3 is 0 Å². The highest BCUT2D eigenvalue weighted by Crippen LogP contribution is 2.34. The van der Waals surface area contributed by atoms with Crippen molar-refractivity contribution >= 4 is 17.2 Å². The van der Waals surface area contributed by atoms with E-state index in [2.05, 4.69) is 9.98 Å². The summed E-state index contributed by atoms with van der Waals surface area (Å²) in [4.78, 5) is 21.0. The molecule has 1 unspecified atom stereocenters. The Morgan fingerprint density at radius 1 is 1.00 bits per heavy atom. The van der Waals surface area contributed by atoms with Gasteiger partial charge in [-0.2, -0.15) is 0 Å². The quantitative estimate of drug-likeness (QED) is 0.785. The number of carbonyl (C=O) groups is 1. The average Bonchev–Trinajstić information content (AvgIpc) is 2.51. The van der Waals surface area contributed by atoms with E-state index >= 15 is 0 Å². The number of hydrogen-bond acceptors (Lipinski definition) is 3. The number of benzene rings is 1. The Bertz CT molecular complexity index is 632. The van der Waals surface area contributed by atoms with Crippen LogP contribution in [0.2, 0.25) is 0 Å². The van der Waals surface area contributed by atoms with E-state index in [4.69, 9.17) is 0 Å². The van der Waals surface area contributed by atoms with E-state index in [1.807, 2.05) is 56.3 Å². The molecule has 2 aromatic rings. The second kappa shape index (κ2) is 6.24. The van der Waals surface area contributed by atoms with Crippen molar-refractivity contribution in [2.75, 3.05) is 0 Å². The van der Waals surface area contributed by atoms with Crippen LogP contribution in [-0.4, -0.2) is 16.5 Å². The summed E-state index contributed by atoms with van der Waals surface area (Å²) in [5.41, 5.74) is 3.06. The van der Waals surface area contributed by atoms with Gasteiger partial charge in [0.15, 0.2) is 5.78 Å². The van der Waals surface area contributed by atoms with Crippen LogP contribution in [0, 0.1) is 0 Å². The number of hydrogen-bond donors (Lipinski definition) is 0. The normalized spacial score (nSPS) is 16.6. The number of carbonyl (C=O) groups excluding carboxylic acids is 1. The number of aliphatic imine (C=N–C) groups is 1. The van der Waals surface area contributed by atoms with Crippen LogP contribution >= 0.6 is 0 Å². The van der Waals surface area contributed by atoms with Gasteiger partial charge in [0.2, 0.25) is 0 Å². The summed E-state index contributed by atoms with van der Waals surface area (Å²) in [6.07, 6.45) is 1.71. The van der Waals surface area contributed by atoms with Crippen molar-refractivity contribution < 1.29 is 4.79 Å². The predicted molar refractivity (Wildman–Crippen MR) is 81.6 cm³/mol. The summed E-state index contributed by atoms with van der Waals surface area (Å²) in [5.74, 6) is -0.285. The van der Waals surface area contributed by atoms with Crippen molar-refractivity contribution in [3.8, 4) is 0 Å². The lowest BCUT2D eigenvalue weighted by Crippen LogP contribution is -2.25. The number of aromatic nitrogens is 1. The van der Waals surface area contributed by atoms with Crippen LogP contribution in [0.4, 0.5) is 5.69 Å². The molecule has 102 valence electrons. The van der Waals surface area contributed by atoms with E-state index in [0.29, 0.717) is 5.71 Å². The molecule has 2 heterocycles. The molecule has 0 bridgehead atoms. The summed E-state index contributed by atoms with van der Waals surface area (Å²) >= 11 is 0. The summed E-state index contributed by atoms with van der Waals surface area (Å²) in [5, 5.41) is 0. The lowest BCUT2D eigenvalue weighted by Gasteiger charge is -2.21. The molecule has 1 aromatic heterocycles. The van der Waals surface area contributed by atoms with Crippen molar-refractivity contribution in [2.24, 2.45) is 4.99 Å². The summed E-state index contributed by atoms with van der Waals surface area (Å²) < 4.78 is 0. The molecule has 0 spiro atoms. The molecule has 3 nitrogen and oxygen atoms in total. The van der Waals surface area contributed by atoms with Gasteiger partial charge in [-0.05, 0) is 24.6 Å². The second-order valence-electron chi connectivity index (χ2n) is 4.31. The van der Waals surface area contributed by atoms with Gasteiger partial charge in [0.25, 0.3) is 0 Å². The van der Waals surface area contributed by atoms with Gasteiger partial charge in [0.05, 0.1) is 23.0 Å². The monoisotopic (exact) mass is 266 g/mol. The molecule has 3 rings (SSSR count). The maximum Gasteiger partial charge on any atom is 0.190 e. The molecule has 3 heteroatoms. The Kier molecular flexibility index (Phi) is 4.41. The number of Topliss-reactive ketones (excluding diaryl/α,β-unsaturated/α-hetero) is 1. The predicted octanol–water partition coefficient (Wildman–Crippen LogP) is 3.91. The second-order valence-corrected chi connectivity index (χ2v) is 4.31. The van der Waals surface area contributed by atoms with E-state index in [1.165, 1.54) is 0 Å². The third-order valence-electron chi connectivity index (χ3n) is 3.13. The third-order valence-corrected chi connectivity index (χ3v) is 3.13. The molecule has 0 radical (unpaired) electrons. The average molecular weight is 266 g/mol. The minimum Gasteiger partial charge on any atom is -0.292 e. The van der Waals surface area contributed by atoms with Crippen molar-refractivity contribution in [2.45, 2.75) is 26.7 Å². The topological polar surface area (TPSA) is 42.3 Å². The summed E-state index contributed by atoms with van der Waals surface area (Å²) in [6.45, 7) is 5.76. The minimum absolute atomic E-state index is 0.0346. The fourth-order valence-electron chi connectivity index (χ4n) is 2.25. The van der Waals surface area contributed by atoms with Crippen LogP contribution in [0.1, 0.15) is 37.9 Å². The first-order chi connectivity index (χ1) is 9.77. The molecule has 1 aliphatic rings. The van der Waals surface area contributed by atoms with Gasteiger partial charge in [-0.15, -0.1) is 0 Å². The van der Waals surface area contributed by atoms with Gasteiger partial charge < -0.3 is 0 Å². The minimum atomic E-state index is -0.320. The number of rotatable bonds is 1. The zero-order chi connectivity index (χ0) is 14.5. The van der Waals surface area contributed by atoms with Crippen LogP contribution in [-0.2, 0) is 4.79 Å². The lowest BCUT2D eigenvalue weighted by molar-refractivity contribution is -0.113. The van der Waals surface area contributed by atoms with Crippen molar-refractivity contribution in [3.05, 3.63) is 59.9 Å². The van der Waals surface area contributed by atoms with Gasteiger partial charge in [-0.3, -0.25) is 9.78 Å². The largest absolute Gasteiger partial charge is 0.292 e. The van der Waals surface area contributed by atoms with E-state index in [0.717, 1.165) is 16.9 Å². The fourth-order valence-corrected chi connectivity index (χ4v) is 2.25. The van der Waals surface area contributed by atoms with Gasteiger partial charge in [-0.1, -0.05) is 44.2 Å². The van der Waals surface area contributed by atoms with Crippen LogP contribution in [0.3, 0.4) is 0 Å². The zero-order valence-electron chi connectivity index (χ0n) is 12.0. The molecular formula is C17H18N2O. The molecule has 1 aliphatic heterocycles. The Labute approximate surface area is 119 Å². The van der Waals surface area contributed by atoms with Gasteiger partial charge in [0.1, 0.15) is 0 Å². The Morgan fingerprint density at radius 2 is 1.70 bits per heavy atom. The highest BCUT2D eigenvalue weighted by Gasteiger charge is 2.31. The lowest BCUT2D eigenvalue weighted by atomic mass is 9.86. The third kappa shape index (κ3) is 2.52. The molecule has 0 aliphatic carbocycles. The Hall–Kier alpha value is -2.29. The Balaban J connectivity index is 0.000000704. The zero-order valence-corrected chi connectivity index (χ0v) is 12.0. The molecular weight excluding hydrogens is 248 g/mol.